The van der Waals surface area contributed by atoms with Gasteiger partial charge in [-0.15, -0.1) is 0 Å². The van der Waals surface area contributed by atoms with Crippen LogP contribution in [-0.2, 0) is 6.54 Å². The molecule has 7 nitrogen and oxygen atoms in total. The molecule has 4 rings (SSSR count). The molecule has 2 aliphatic heterocycles. The lowest BCUT2D eigenvalue weighted by molar-refractivity contribution is 0.0651. The fourth-order valence-corrected chi connectivity index (χ4v) is 3.51. The number of halogens is 1. The fraction of sp³-hybridized carbons (Fsp3) is 0.450. The number of likely N-dealkylation sites (tertiary alicyclic amines) is 1. The molecule has 0 atom stereocenters. The number of hydrogen-bond donors (Lipinski definition) is 0. The number of nitrogens with zero attached hydrogens (tertiary/aromatic N) is 5. The van der Waals surface area contributed by atoms with Crippen LogP contribution < -0.4 is 0 Å². The molecular formula is C20H24FN5O2. The predicted octanol–water partition coefficient (Wildman–Crippen LogP) is 1.96. The summed E-state index contributed by atoms with van der Waals surface area (Å²) in [7, 11) is 0. The molecule has 2 saturated heterocycles. The van der Waals surface area contributed by atoms with Crippen molar-refractivity contribution in [2.45, 2.75) is 19.9 Å². The van der Waals surface area contributed by atoms with Crippen LogP contribution in [0.3, 0.4) is 0 Å². The molecule has 0 unspecified atom stereocenters. The molecule has 2 amide bonds. The average molecular weight is 385 g/mol. The van der Waals surface area contributed by atoms with Gasteiger partial charge < -0.3 is 9.80 Å². The lowest BCUT2D eigenvalue weighted by Crippen LogP contribution is -2.49. The molecule has 2 fully saturated rings. The summed E-state index contributed by atoms with van der Waals surface area (Å²) in [6.07, 6.45) is 4.39. The third-order valence-electron chi connectivity index (χ3n) is 5.39. The molecule has 3 heterocycles. The quantitative estimate of drug-likeness (QED) is 0.810. The maximum absolute atomic E-state index is 14.5. The molecule has 28 heavy (non-hydrogen) atoms. The minimum absolute atomic E-state index is 0.0994. The molecule has 8 heteroatoms. The van der Waals surface area contributed by atoms with E-state index in [9.17, 15) is 14.0 Å². The number of hydrogen-bond acceptors (Lipinski definition) is 4. The first-order chi connectivity index (χ1) is 13.5. The zero-order valence-electron chi connectivity index (χ0n) is 16.0. The zero-order valence-corrected chi connectivity index (χ0v) is 16.0. The number of rotatable bonds is 3. The molecule has 0 saturated carbocycles. The Morgan fingerprint density at radius 1 is 1.07 bits per heavy atom. The Labute approximate surface area is 163 Å². The lowest BCUT2D eigenvalue weighted by Gasteiger charge is -2.34. The van der Waals surface area contributed by atoms with E-state index < -0.39 is 0 Å². The normalized spacial score (nSPS) is 17.5. The Balaban J connectivity index is 1.33. The summed E-state index contributed by atoms with van der Waals surface area (Å²) in [5, 5.41) is 4.07. The summed E-state index contributed by atoms with van der Waals surface area (Å²) < 4.78 is 15.9. The van der Waals surface area contributed by atoms with E-state index in [1.165, 1.54) is 10.7 Å². The van der Waals surface area contributed by atoms with Crippen LogP contribution in [0.4, 0.5) is 9.18 Å². The Morgan fingerprint density at radius 2 is 1.82 bits per heavy atom. The second kappa shape index (κ2) is 7.71. The van der Waals surface area contributed by atoms with E-state index in [-0.39, 0.29) is 17.8 Å². The molecule has 0 spiro atoms. The summed E-state index contributed by atoms with van der Waals surface area (Å²) in [6, 6.07) is 4.62. The van der Waals surface area contributed by atoms with Gasteiger partial charge in [-0.05, 0) is 31.0 Å². The van der Waals surface area contributed by atoms with Crippen LogP contribution in [0.5, 0.6) is 0 Å². The van der Waals surface area contributed by atoms with Gasteiger partial charge in [0.05, 0.1) is 6.20 Å². The second-order valence-corrected chi connectivity index (χ2v) is 7.46. The molecule has 0 aliphatic carbocycles. The summed E-state index contributed by atoms with van der Waals surface area (Å²) in [5.41, 5.74) is 1.92. The van der Waals surface area contributed by atoms with Crippen LogP contribution in [0.25, 0.3) is 0 Å². The van der Waals surface area contributed by atoms with Crippen molar-refractivity contribution in [3.05, 3.63) is 53.1 Å². The van der Waals surface area contributed by atoms with Crippen molar-refractivity contribution in [3.63, 3.8) is 0 Å². The Hall–Kier alpha value is -2.74. The standard InChI is InChI=1S/C20H24FN5O2/c1-15-12-22-26(13-15)20(28)25-9-7-23(8-10-25)14-17-4-3-16(11-18(17)21)19(27)24-5-2-6-24/h3-4,11-13H,2,5-10,14H2,1H3. The van der Waals surface area contributed by atoms with Gasteiger partial charge in [0.25, 0.3) is 5.91 Å². The van der Waals surface area contributed by atoms with Crippen molar-refractivity contribution >= 4 is 11.9 Å². The molecule has 2 aliphatic rings. The van der Waals surface area contributed by atoms with E-state index in [0.717, 1.165) is 25.1 Å². The van der Waals surface area contributed by atoms with E-state index in [0.29, 0.717) is 43.9 Å². The molecule has 1 aromatic heterocycles. The van der Waals surface area contributed by atoms with Crippen molar-refractivity contribution in [2.24, 2.45) is 0 Å². The highest BCUT2D eigenvalue weighted by Crippen LogP contribution is 2.18. The lowest BCUT2D eigenvalue weighted by atomic mass is 10.1. The van der Waals surface area contributed by atoms with Crippen LogP contribution in [-0.4, -0.2) is 75.7 Å². The Bertz CT molecular complexity index is 884. The van der Waals surface area contributed by atoms with Crippen molar-refractivity contribution < 1.29 is 14.0 Å². The number of amides is 2. The molecular weight excluding hydrogens is 361 g/mol. The van der Waals surface area contributed by atoms with Crippen LogP contribution in [0, 0.1) is 12.7 Å². The van der Waals surface area contributed by atoms with Gasteiger partial charge >= 0.3 is 6.03 Å². The predicted molar refractivity (Wildman–Crippen MR) is 102 cm³/mol. The van der Waals surface area contributed by atoms with Crippen molar-refractivity contribution in [3.8, 4) is 0 Å². The van der Waals surface area contributed by atoms with E-state index in [1.54, 1.807) is 34.3 Å². The zero-order chi connectivity index (χ0) is 19.7. The third kappa shape index (κ3) is 3.77. The highest BCUT2D eigenvalue weighted by molar-refractivity contribution is 5.94. The van der Waals surface area contributed by atoms with Crippen LogP contribution in [0.1, 0.15) is 27.9 Å². The van der Waals surface area contributed by atoms with Crippen molar-refractivity contribution in [2.75, 3.05) is 39.3 Å². The van der Waals surface area contributed by atoms with Gasteiger partial charge in [-0.3, -0.25) is 9.69 Å². The SMILES string of the molecule is Cc1cnn(C(=O)N2CCN(Cc3ccc(C(=O)N4CCC4)cc3F)CC2)c1. The smallest absolute Gasteiger partial charge is 0.339 e. The highest BCUT2D eigenvalue weighted by Gasteiger charge is 2.25. The van der Waals surface area contributed by atoms with Crippen LogP contribution in [0.15, 0.2) is 30.6 Å². The van der Waals surface area contributed by atoms with Gasteiger partial charge in [0, 0.05) is 63.1 Å². The Morgan fingerprint density at radius 3 is 2.39 bits per heavy atom. The van der Waals surface area contributed by atoms with Gasteiger partial charge in [0.15, 0.2) is 0 Å². The van der Waals surface area contributed by atoms with Gasteiger partial charge in [0.1, 0.15) is 5.82 Å². The van der Waals surface area contributed by atoms with E-state index in [4.69, 9.17) is 0 Å². The van der Waals surface area contributed by atoms with Gasteiger partial charge in [-0.25, -0.2) is 9.18 Å². The first-order valence-corrected chi connectivity index (χ1v) is 9.62. The van der Waals surface area contributed by atoms with E-state index in [1.807, 2.05) is 6.92 Å². The second-order valence-electron chi connectivity index (χ2n) is 7.46. The topological polar surface area (TPSA) is 61.7 Å². The number of piperazine rings is 1. The summed E-state index contributed by atoms with van der Waals surface area (Å²) in [4.78, 5) is 30.2. The third-order valence-corrected chi connectivity index (χ3v) is 5.39. The minimum Gasteiger partial charge on any atom is -0.339 e. The summed E-state index contributed by atoms with van der Waals surface area (Å²) in [6.45, 7) is 6.35. The molecule has 1 aromatic carbocycles. The van der Waals surface area contributed by atoms with Gasteiger partial charge in [-0.2, -0.15) is 9.78 Å². The molecule has 2 aromatic rings. The first kappa shape index (κ1) is 18.6. The number of aromatic nitrogens is 2. The molecule has 148 valence electrons. The maximum Gasteiger partial charge on any atom is 0.344 e. The number of carbonyl (C=O) groups is 2. The molecule has 0 bridgehead atoms. The van der Waals surface area contributed by atoms with Crippen molar-refractivity contribution in [1.82, 2.24) is 24.5 Å². The summed E-state index contributed by atoms with van der Waals surface area (Å²) in [5.74, 6) is -0.449. The highest BCUT2D eigenvalue weighted by atomic mass is 19.1. The van der Waals surface area contributed by atoms with E-state index >= 15 is 0 Å². The van der Waals surface area contributed by atoms with E-state index in [2.05, 4.69) is 10.00 Å². The fourth-order valence-electron chi connectivity index (χ4n) is 3.51. The number of carbonyl (C=O) groups excluding carboxylic acids is 2. The van der Waals surface area contributed by atoms with Crippen LogP contribution in [0.2, 0.25) is 0 Å². The van der Waals surface area contributed by atoms with Crippen LogP contribution >= 0.6 is 0 Å². The monoisotopic (exact) mass is 385 g/mol. The van der Waals surface area contributed by atoms with Crippen molar-refractivity contribution in [1.29, 1.82) is 0 Å². The average Bonchev–Trinajstić information content (AvgIpc) is 3.08. The Kier molecular flexibility index (Phi) is 5.13. The number of aryl methyl sites for hydroxylation is 1. The molecule has 0 radical (unpaired) electrons. The largest absolute Gasteiger partial charge is 0.344 e. The van der Waals surface area contributed by atoms with Gasteiger partial charge in [-0.1, -0.05) is 6.07 Å². The summed E-state index contributed by atoms with van der Waals surface area (Å²) >= 11 is 0. The first-order valence-electron chi connectivity index (χ1n) is 9.62. The molecule has 0 N–H and O–H groups in total. The minimum atomic E-state index is -0.350. The van der Waals surface area contributed by atoms with Gasteiger partial charge in [0.2, 0.25) is 0 Å². The maximum atomic E-state index is 14.5. The number of benzene rings is 1.